The number of hydrogen-bond donors (Lipinski definition) is 1. The standard InChI is InChI=1S/C15H19N3O3S/c1-11-6-4-5-9-18(11)14(19)10-16-15-12-7-2-3-8-13(12)22(20,21)17-15/h2-3,7-8,11H,4-6,9-10H2,1H3,(H,16,17). The van der Waals surface area contributed by atoms with Crippen molar-refractivity contribution in [1.82, 2.24) is 9.62 Å². The molecule has 1 amide bonds. The van der Waals surface area contributed by atoms with Crippen LogP contribution < -0.4 is 4.72 Å². The van der Waals surface area contributed by atoms with Crippen LogP contribution in [0.15, 0.2) is 34.2 Å². The summed E-state index contributed by atoms with van der Waals surface area (Å²) in [6, 6.07) is 6.88. The summed E-state index contributed by atoms with van der Waals surface area (Å²) < 4.78 is 26.4. The maximum Gasteiger partial charge on any atom is 0.263 e. The van der Waals surface area contributed by atoms with E-state index in [-0.39, 0.29) is 29.2 Å². The molecule has 6 nitrogen and oxygen atoms in total. The lowest BCUT2D eigenvalue weighted by Crippen LogP contribution is -2.43. The third-order valence-electron chi connectivity index (χ3n) is 4.16. The van der Waals surface area contributed by atoms with Crippen LogP contribution in [0.4, 0.5) is 0 Å². The summed E-state index contributed by atoms with van der Waals surface area (Å²) in [6.45, 7) is 2.77. The highest BCUT2D eigenvalue weighted by molar-refractivity contribution is 7.90. The van der Waals surface area contributed by atoms with E-state index in [0.717, 1.165) is 25.8 Å². The van der Waals surface area contributed by atoms with Crippen LogP contribution in [0.25, 0.3) is 0 Å². The molecule has 3 rings (SSSR count). The second-order valence-corrected chi connectivity index (χ2v) is 7.35. The molecular weight excluding hydrogens is 302 g/mol. The topological polar surface area (TPSA) is 78.8 Å². The van der Waals surface area contributed by atoms with Crippen LogP contribution in [0.5, 0.6) is 0 Å². The zero-order valence-corrected chi connectivity index (χ0v) is 13.3. The molecule has 2 aliphatic rings. The number of rotatable bonds is 2. The Hall–Kier alpha value is -1.89. The minimum atomic E-state index is -3.54. The fourth-order valence-electron chi connectivity index (χ4n) is 2.96. The number of carbonyl (C=O) groups excluding carboxylic acids is 1. The first-order valence-electron chi connectivity index (χ1n) is 7.45. The van der Waals surface area contributed by atoms with Crippen molar-refractivity contribution in [2.75, 3.05) is 13.1 Å². The Morgan fingerprint density at radius 3 is 2.91 bits per heavy atom. The van der Waals surface area contributed by atoms with Gasteiger partial charge in [0.05, 0.1) is 4.90 Å². The molecule has 2 heterocycles. The third kappa shape index (κ3) is 2.72. The Kier molecular flexibility index (Phi) is 3.90. The van der Waals surface area contributed by atoms with E-state index in [0.29, 0.717) is 5.56 Å². The van der Waals surface area contributed by atoms with Crippen molar-refractivity contribution in [1.29, 1.82) is 0 Å². The van der Waals surface area contributed by atoms with Gasteiger partial charge in [-0.3, -0.25) is 14.5 Å². The van der Waals surface area contributed by atoms with E-state index in [2.05, 4.69) is 9.71 Å². The zero-order chi connectivity index (χ0) is 15.7. The van der Waals surface area contributed by atoms with E-state index in [1.165, 1.54) is 6.07 Å². The summed E-state index contributed by atoms with van der Waals surface area (Å²) >= 11 is 0. The molecule has 22 heavy (non-hydrogen) atoms. The molecule has 0 aromatic heterocycles. The van der Waals surface area contributed by atoms with Crippen LogP contribution in [0.2, 0.25) is 0 Å². The van der Waals surface area contributed by atoms with Crippen LogP contribution in [0.1, 0.15) is 31.7 Å². The number of fused-ring (bicyclic) bond motifs is 1. The number of sulfonamides is 1. The summed E-state index contributed by atoms with van der Waals surface area (Å²) in [7, 11) is -3.54. The monoisotopic (exact) mass is 321 g/mol. The summed E-state index contributed by atoms with van der Waals surface area (Å²) in [5.41, 5.74) is 0.530. The van der Waals surface area contributed by atoms with Crippen LogP contribution in [-0.2, 0) is 14.8 Å². The van der Waals surface area contributed by atoms with E-state index in [1.807, 2.05) is 11.8 Å². The zero-order valence-electron chi connectivity index (χ0n) is 12.4. The third-order valence-corrected chi connectivity index (χ3v) is 5.56. The summed E-state index contributed by atoms with van der Waals surface area (Å²) in [5.74, 6) is 0.205. The van der Waals surface area contributed by atoms with Crippen LogP contribution in [0, 0.1) is 0 Å². The van der Waals surface area contributed by atoms with Crippen molar-refractivity contribution in [3.05, 3.63) is 29.8 Å². The molecule has 0 saturated carbocycles. The van der Waals surface area contributed by atoms with Gasteiger partial charge in [-0.1, -0.05) is 12.1 Å². The number of aliphatic imine (C=N–C) groups is 1. The molecule has 118 valence electrons. The maximum atomic E-state index is 12.3. The van der Waals surface area contributed by atoms with Crippen molar-refractivity contribution < 1.29 is 13.2 Å². The second-order valence-electron chi connectivity index (χ2n) is 5.70. The Morgan fingerprint density at radius 1 is 1.36 bits per heavy atom. The van der Waals surface area contributed by atoms with Gasteiger partial charge in [-0.25, -0.2) is 8.42 Å². The smallest absolute Gasteiger partial charge is 0.263 e. The quantitative estimate of drug-likeness (QED) is 0.887. The predicted molar refractivity (Wildman–Crippen MR) is 83.2 cm³/mol. The lowest BCUT2D eigenvalue weighted by molar-refractivity contribution is -0.132. The molecule has 1 atom stereocenters. The minimum Gasteiger partial charge on any atom is -0.338 e. The summed E-state index contributed by atoms with van der Waals surface area (Å²) in [4.78, 5) is 18.5. The van der Waals surface area contributed by atoms with Gasteiger partial charge in [-0.05, 0) is 38.3 Å². The molecule has 0 aliphatic carbocycles. The fourth-order valence-corrected chi connectivity index (χ4v) is 4.21. The highest BCUT2D eigenvalue weighted by Crippen LogP contribution is 2.22. The molecule has 1 aromatic rings. The molecule has 2 aliphatic heterocycles. The highest BCUT2D eigenvalue weighted by Gasteiger charge is 2.30. The van der Waals surface area contributed by atoms with Crippen molar-refractivity contribution in [3.63, 3.8) is 0 Å². The molecule has 1 fully saturated rings. The predicted octanol–water partition coefficient (Wildman–Crippen LogP) is 1.13. The van der Waals surface area contributed by atoms with E-state index in [9.17, 15) is 13.2 Å². The Balaban J connectivity index is 1.78. The lowest BCUT2D eigenvalue weighted by Gasteiger charge is -2.33. The van der Waals surface area contributed by atoms with Gasteiger partial charge in [0.2, 0.25) is 5.91 Å². The number of nitrogens with zero attached hydrogens (tertiary/aromatic N) is 2. The molecule has 1 unspecified atom stereocenters. The van der Waals surface area contributed by atoms with E-state index in [1.54, 1.807) is 18.2 Å². The number of hydrogen-bond acceptors (Lipinski definition) is 4. The minimum absolute atomic E-state index is 0.0312. The van der Waals surface area contributed by atoms with Gasteiger partial charge in [-0.2, -0.15) is 0 Å². The van der Waals surface area contributed by atoms with Crippen LogP contribution in [0.3, 0.4) is 0 Å². The van der Waals surface area contributed by atoms with Crippen molar-refractivity contribution in [3.8, 4) is 0 Å². The first-order chi connectivity index (χ1) is 10.5. The van der Waals surface area contributed by atoms with E-state index in [4.69, 9.17) is 0 Å². The van der Waals surface area contributed by atoms with Crippen molar-refractivity contribution >= 4 is 21.8 Å². The van der Waals surface area contributed by atoms with Gasteiger partial charge in [-0.15, -0.1) is 0 Å². The van der Waals surface area contributed by atoms with E-state index < -0.39 is 10.0 Å². The van der Waals surface area contributed by atoms with Gasteiger partial charge in [0.25, 0.3) is 10.0 Å². The Morgan fingerprint density at radius 2 is 2.14 bits per heavy atom. The Bertz CT molecular complexity index is 727. The molecule has 0 spiro atoms. The van der Waals surface area contributed by atoms with Gasteiger partial charge < -0.3 is 4.90 Å². The molecule has 0 radical (unpaired) electrons. The number of carbonyl (C=O) groups is 1. The van der Waals surface area contributed by atoms with Crippen LogP contribution in [-0.4, -0.2) is 44.2 Å². The summed E-state index contributed by atoms with van der Waals surface area (Å²) in [5, 5.41) is 0. The number of piperidine rings is 1. The first-order valence-corrected chi connectivity index (χ1v) is 8.93. The van der Waals surface area contributed by atoms with Gasteiger partial charge in [0, 0.05) is 18.2 Å². The fraction of sp³-hybridized carbons (Fsp3) is 0.467. The molecule has 7 heteroatoms. The SMILES string of the molecule is CC1CCCCN1C(=O)CN=C1NS(=O)(=O)c2ccccc21. The molecule has 1 aromatic carbocycles. The van der Waals surface area contributed by atoms with Crippen molar-refractivity contribution in [2.45, 2.75) is 37.1 Å². The first kappa shape index (κ1) is 15.0. The average molecular weight is 321 g/mol. The molecule has 1 N–H and O–H groups in total. The second kappa shape index (κ2) is 5.72. The highest BCUT2D eigenvalue weighted by atomic mass is 32.2. The average Bonchev–Trinajstić information content (AvgIpc) is 2.77. The van der Waals surface area contributed by atoms with Gasteiger partial charge >= 0.3 is 0 Å². The van der Waals surface area contributed by atoms with Crippen molar-refractivity contribution in [2.24, 2.45) is 4.99 Å². The van der Waals surface area contributed by atoms with Crippen LogP contribution >= 0.6 is 0 Å². The number of amidine groups is 1. The normalized spacial score (nSPS) is 24.9. The molecular formula is C15H19N3O3S. The molecule has 1 saturated heterocycles. The molecule has 0 bridgehead atoms. The van der Waals surface area contributed by atoms with Gasteiger partial charge in [0.1, 0.15) is 12.4 Å². The van der Waals surface area contributed by atoms with E-state index >= 15 is 0 Å². The lowest BCUT2D eigenvalue weighted by atomic mass is 10.0. The summed E-state index contributed by atoms with van der Waals surface area (Å²) in [6.07, 6.45) is 3.17. The number of likely N-dealkylation sites (tertiary alicyclic amines) is 1. The number of benzene rings is 1. The maximum absolute atomic E-state index is 12.3. The Labute approximate surface area is 130 Å². The number of nitrogens with one attached hydrogen (secondary N) is 1. The number of amides is 1. The van der Waals surface area contributed by atoms with Gasteiger partial charge in [0.15, 0.2) is 0 Å². The largest absolute Gasteiger partial charge is 0.338 e.